The molecular formula is C17H23IN2O. The van der Waals surface area contributed by atoms with Gasteiger partial charge in [-0.15, -0.1) is 0 Å². The molecule has 1 atom stereocenters. The monoisotopic (exact) mass is 398 g/mol. The number of nitrogens with one attached hydrogen (secondary N) is 1. The minimum Gasteiger partial charge on any atom is -0.317 e. The van der Waals surface area contributed by atoms with Crippen LogP contribution in [0.15, 0.2) is 24.3 Å². The van der Waals surface area contributed by atoms with Crippen molar-refractivity contribution < 1.29 is 4.79 Å². The van der Waals surface area contributed by atoms with Gasteiger partial charge in [0.2, 0.25) is 0 Å². The highest BCUT2D eigenvalue weighted by Crippen LogP contribution is 2.26. The first-order valence-electron chi connectivity index (χ1n) is 7.97. The molecule has 0 bridgehead atoms. The highest BCUT2D eigenvalue weighted by molar-refractivity contribution is 14.1. The summed E-state index contributed by atoms with van der Waals surface area (Å²) in [6.07, 6.45) is 5.18. The van der Waals surface area contributed by atoms with Crippen molar-refractivity contribution in [2.75, 3.05) is 19.6 Å². The van der Waals surface area contributed by atoms with E-state index in [-0.39, 0.29) is 6.04 Å². The van der Waals surface area contributed by atoms with Crippen LogP contribution in [-0.4, -0.2) is 42.4 Å². The maximum absolute atomic E-state index is 12.7. The van der Waals surface area contributed by atoms with Gasteiger partial charge in [0.05, 0.1) is 6.04 Å². The molecule has 1 unspecified atom stereocenters. The van der Waals surface area contributed by atoms with Gasteiger partial charge in [-0.2, -0.15) is 0 Å². The van der Waals surface area contributed by atoms with Crippen LogP contribution < -0.4 is 5.32 Å². The molecule has 2 heterocycles. The quantitative estimate of drug-likeness (QED) is 0.792. The number of piperidine rings is 1. The first-order valence-corrected chi connectivity index (χ1v) is 9.05. The molecule has 0 saturated carbocycles. The third kappa shape index (κ3) is 3.85. The van der Waals surface area contributed by atoms with Gasteiger partial charge >= 0.3 is 0 Å². The van der Waals surface area contributed by atoms with Gasteiger partial charge in [-0.05, 0) is 85.6 Å². The lowest BCUT2D eigenvalue weighted by Crippen LogP contribution is -2.48. The van der Waals surface area contributed by atoms with E-state index in [4.69, 9.17) is 0 Å². The fraction of sp³-hybridized carbons (Fsp3) is 0.588. The second kappa shape index (κ2) is 7.20. The molecule has 4 heteroatoms. The minimum atomic E-state index is 0.160. The van der Waals surface area contributed by atoms with E-state index in [1.165, 1.54) is 22.8 Å². The summed E-state index contributed by atoms with van der Waals surface area (Å²) >= 11 is 2.30. The Morgan fingerprint density at radius 2 is 1.90 bits per heavy atom. The van der Waals surface area contributed by atoms with Crippen molar-refractivity contribution >= 4 is 28.4 Å². The van der Waals surface area contributed by atoms with Crippen molar-refractivity contribution in [2.45, 2.75) is 44.2 Å². The summed E-state index contributed by atoms with van der Waals surface area (Å²) in [7, 11) is 0. The molecule has 2 aliphatic heterocycles. The van der Waals surface area contributed by atoms with Crippen LogP contribution in [0, 0.1) is 3.57 Å². The third-order valence-electron chi connectivity index (χ3n) is 4.74. The van der Waals surface area contributed by atoms with Crippen LogP contribution in [-0.2, 0) is 11.2 Å². The molecule has 1 aromatic rings. The normalized spacial score (nSPS) is 24.3. The van der Waals surface area contributed by atoms with E-state index in [0.717, 1.165) is 31.6 Å². The Kier molecular flexibility index (Phi) is 5.29. The van der Waals surface area contributed by atoms with Crippen molar-refractivity contribution in [3.63, 3.8) is 0 Å². The van der Waals surface area contributed by atoms with Crippen LogP contribution in [0.4, 0.5) is 0 Å². The lowest BCUT2D eigenvalue weighted by Gasteiger charge is -2.35. The number of benzene rings is 1. The fourth-order valence-corrected chi connectivity index (χ4v) is 3.99. The standard InChI is InChI=1S/C17H23IN2O/c18-14-5-3-13(4-6-14)12-17(21)16-2-1-11-20(16)15-7-9-19-10-8-15/h3-6,15-16,19H,1-2,7-12H2. The zero-order chi connectivity index (χ0) is 14.7. The van der Waals surface area contributed by atoms with Crippen molar-refractivity contribution in [1.82, 2.24) is 10.2 Å². The van der Waals surface area contributed by atoms with E-state index >= 15 is 0 Å². The number of halogens is 1. The molecular weight excluding hydrogens is 375 g/mol. The Morgan fingerprint density at radius 1 is 1.19 bits per heavy atom. The Hall–Kier alpha value is -0.460. The number of nitrogens with zero attached hydrogens (tertiary/aromatic N) is 1. The van der Waals surface area contributed by atoms with Crippen LogP contribution in [0.1, 0.15) is 31.2 Å². The third-order valence-corrected chi connectivity index (χ3v) is 5.45. The minimum absolute atomic E-state index is 0.160. The van der Waals surface area contributed by atoms with Crippen molar-refractivity contribution in [3.8, 4) is 0 Å². The molecule has 0 aromatic heterocycles. The first kappa shape index (κ1) is 15.4. The van der Waals surface area contributed by atoms with Gasteiger partial charge in [-0.3, -0.25) is 9.69 Å². The molecule has 2 fully saturated rings. The van der Waals surface area contributed by atoms with Gasteiger partial charge in [0.1, 0.15) is 0 Å². The van der Waals surface area contributed by atoms with E-state index in [1.54, 1.807) is 0 Å². The number of carbonyl (C=O) groups excluding carboxylic acids is 1. The zero-order valence-corrected chi connectivity index (χ0v) is 14.5. The summed E-state index contributed by atoms with van der Waals surface area (Å²) in [4.78, 5) is 15.2. The average molecular weight is 398 g/mol. The lowest BCUT2D eigenvalue weighted by atomic mass is 9.98. The van der Waals surface area contributed by atoms with Gasteiger partial charge in [0, 0.05) is 16.0 Å². The smallest absolute Gasteiger partial charge is 0.154 e. The SMILES string of the molecule is O=C(Cc1ccc(I)cc1)C1CCCN1C1CCNCC1. The Labute approximate surface area is 140 Å². The van der Waals surface area contributed by atoms with Crippen LogP contribution in [0.2, 0.25) is 0 Å². The molecule has 3 rings (SSSR count). The van der Waals surface area contributed by atoms with Crippen molar-refractivity contribution in [2.24, 2.45) is 0 Å². The lowest BCUT2D eigenvalue weighted by molar-refractivity contribution is -0.123. The largest absolute Gasteiger partial charge is 0.317 e. The van der Waals surface area contributed by atoms with E-state index in [9.17, 15) is 4.79 Å². The molecule has 0 aliphatic carbocycles. The Balaban J connectivity index is 1.63. The van der Waals surface area contributed by atoms with Gasteiger partial charge in [0.25, 0.3) is 0 Å². The summed E-state index contributed by atoms with van der Waals surface area (Å²) in [5.41, 5.74) is 1.15. The second-order valence-electron chi connectivity index (χ2n) is 6.15. The zero-order valence-electron chi connectivity index (χ0n) is 12.4. The maximum atomic E-state index is 12.7. The van der Waals surface area contributed by atoms with Crippen LogP contribution >= 0.6 is 22.6 Å². The molecule has 2 saturated heterocycles. The highest BCUT2D eigenvalue weighted by Gasteiger charge is 2.35. The van der Waals surface area contributed by atoms with Gasteiger partial charge < -0.3 is 5.32 Å². The first-order chi connectivity index (χ1) is 10.2. The number of Topliss-reactive ketones (excluding diaryl/α,β-unsaturated/α-hetero) is 1. The number of hydrogen-bond donors (Lipinski definition) is 1. The summed E-state index contributed by atoms with van der Waals surface area (Å²) in [6.45, 7) is 3.30. The topological polar surface area (TPSA) is 32.3 Å². The summed E-state index contributed by atoms with van der Waals surface area (Å²) < 4.78 is 1.22. The van der Waals surface area contributed by atoms with Crippen LogP contribution in [0.25, 0.3) is 0 Å². The van der Waals surface area contributed by atoms with E-state index in [1.807, 2.05) is 0 Å². The number of ketones is 1. The summed E-state index contributed by atoms with van der Waals surface area (Å²) in [5, 5.41) is 3.42. The maximum Gasteiger partial charge on any atom is 0.154 e. The van der Waals surface area contributed by atoms with Crippen molar-refractivity contribution in [1.29, 1.82) is 0 Å². The average Bonchev–Trinajstić information content (AvgIpc) is 3.00. The molecule has 114 valence electrons. The molecule has 0 spiro atoms. The molecule has 0 amide bonds. The van der Waals surface area contributed by atoms with E-state index < -0.39 is 0 Å². The van der Waals surface area contributed by atoms with Gasteiger partial charge in [0.15, 0.2) is 5.78 Å². The Bertz CT molecular complexity index is 482. The molecule has 21 heavy (non-hydrogen) atoms. The second-order valence-corrected chi connectivity index (χ2v) is 7.39. The fourth-order valence-electron chi connectivity index (χ4n) is 3.63. The van der Waals surface area contributed by atoms with Gasteiger partial charge in [-0.1, -0.05) is 12.1 Å². The van der Waals surface area contributed by atoms with Gasteiger partial charge in [-0.25, -0.2) is 0 Å². The van der Waals surface area contributed by atoms with Crippen LogP contribution in [0.3, 0.4) is 0 Å². The van der Waals surface area contributed by atoms with E-state index in [2.05, 4.69) is 57.1 Å². The molecule has 0 radical (unpaired) electrons. The van der Waals surface area contributed by atoms with Crippen molar-refractivity contribution in [3.05, 3.63) is 33.4 Å². The van der Waals surface area contributed by atoms with E-state index in [0.29, 0.717) is 18.2 Å². The molecule has 3 nitrogen and oxygen atoms in total. The predicted octanol–water partition coefficient (Wildman–Crippen LogP) is 2.62. The number of carbonyl (C=O) groups is 1. The Morgan fingerprint density at radius 3 is 2.62 bits per heavy atom. The number of rotatable bonds is 4. The molecule has 2 aliphatic rings. The molecule has 1 N–H and O–H groups in total. The number of likely N-dealkylation sites (tertiary alicyclic amines) is 1. The van der Waals surface area contributed by atoms with Crippen LogP contribution in [0.5, 0.6) is 0 Å². The number of hydrogen-bond acceptors (Lipinski definition) is 3. The predicted molar refractivity (Wildman–Crippen MR) is 93.5 cm³/mol. The summed E-state index contributed by atoms with van der Waals surface area (Å²) in [5.74, 6) is 0.409. The molecule has 1 aromatic carbocycles. The highest BCUT2D eigenvalue weighted by atomic mass is 127. The summed E-state index contributed by atoms with van der Waals surface area (Å²) in [6, 6.07) is 9.12.